The molecule has 0 saturated heterocycles. The average molecular weight is 336 g/mol. The van der Waals surface area contributed by atoms with Crippen LogP contribution in [0.15, 0.2) is 54.9 Å². The number of para-hydroxylation sites is 1. The molecule has 5 nitrogen and oxygen atoms in total. The highest BCUT2D eigenvalue weighted by atomic mass is 19.1. The van der Waals surface area contributed by atoms with E-state index in [1.807, 2.05) is 32.0 Å². The van der Waals surface area contributed by atoms with Crippen molar-refractivity contribution in [2.45, 2.75) is 13.8 Å². The van der Waals surface area contributed by atoms with E-state index in [1.54, 1.807) is 18.2 Å². The van der Waals surface area contributed by atoms with Gasteiger partial charge in [0.1, 0.15) is 23.7 Å². The van der Waals surface area contributed by atoms with E-state index in [0.29, 0.717) is 5.82 Å². The van der Waals surface area contributed by atoms with Crippen molar-refractivity contribution in [3.05, 3.63) is 77.5 Å². The van der Waals surface area contributed by atoms with E-state index < -0.39 is 5.82 Å². The molecule has 126 valence electrons. The Balaban J connectivity index is 1.80. The molecule has 0 radical (unpaired) electrons. The van der Waals surface area contributed by atoms with Crippen molar-refractivity contribution in [3.8, 4) is 0 Å². The van der Waals surface area contributed by atoms with Gasteiger partial charge in [-0.3, -0.25) is 4.79 Å². The quantitative estimate of drug-likeness (QED) is 0.748. The Morgan fingerprint density at radius 1 is 1.00 bits per heavy atom. The van der Waals surface area contributed by atoms with E-state index in [0.717, 1.165) is 16.8 Å². The molecule has 0 bridgehead atoms. The summed E-state index contributed by atoms with van der Waals surface area (Å²) in [6.07, 6.45) is 1.27. The lowest BCUT2D eigenvalue weighted by Crippen LogP contribution is -2.15. The van der Waals surface area contributed by atoms with Gasteiger partial charge in [-0.2, -0.15) is 0 Å². The van der Waals surface area contributed by atoms with Gasteiger partial charge in [-0.05, 0) is 43.2 Å². The van der Waals surface area contributed by atoms with Crippen molar-refractivity contribution in [1.82, 2.24) is 9.97 Å². The molecule has 0 spiro atoms. The molecule has 2 aromatic carbocycles. The lowest BCUT2D eigenvalue weighted by molar-refractivity contribution is 0.102. The van der Waals surface area contributed by atoms with Crippen LogP contribution in [0.1, 0.15) is 21.6 Å². The molecular weight excluding hydrogens is 319 g/mol. The van der Waals surface area contributed by atoms with Gasteiger partial charge >= 0.3 is 0 Å². The zero-order valence-corrected chi connectivity index (χ0v) is 13.9. The number of rotatable bonds is 4. The molecule has 3 rings (SSSR count). The second-order valence-electron chi connectivity index (χ2n) is 5.67. The number of aryl methyl sites for hydroxylation is 2. The fourth-order valence-electron chi connectivity index (χ4n) is 2.31. The Hall–Kier alpha value is -3.28. The topological polar surface area (TPSA) is 66.9 Å². The fraction of sp³-hybridized carbons (Fsp3) is 0.105. The number of nitrogens with one attached hydrogen (secondary N) is 2. The van der Waals surface area contributed by atoms with E-state index in [-0.39, 0.29) is 17.3 Å². The highest BCUT2D eigenvalue weighted by molar-refractivity contribution is 6.03. The smallest absolute Gasteiger partial charge is 0.274 e. The standard InChI is InChI=1S/C19H17FN4O/c1-12-7-8-13(2)16(9-12)24-19(25)17-10-18(22-11-21-17)23-15-6-4-3-5-14(15)20/h3-11H,1-2H3,(H,24,25)(H,21,22,23). The van der Waals surface area contributed by atoms with Gasteiger partial charge in [-0.1, -0.05) is 24.3 Å². The predicted octanol–water partition coefficient (Wildman–Crippen LogP) is 4.23. The highest BCUT2D eigenvalue weighted by Gasteiger charge is 2.11. The summed E-state index contributed by atoms with van der Waals surface area (Å²) in [5, 5.41) is 5.68. The molecule has 0 unspecified atom stereocenters. The summed E-state index contributed by atoms with van der Waals surface area (Å²) in [5.74, 6) is -0.415. The van der Waals surface area contributed by atoms with Crippen LogP contribution in [-0.4, -0.2) is 15.9 Å². The van der Waals surface area contributed by atoms with Crippen molar-refractivity contribution >= 4 is 23.1 Å². The molecular formula is C19H17FN4O. The molecule has 0 fully saturated rings. The maximum Gasteiger partial charge on any atom is 0.274 e. The molecule has 3 aromatic rings. The van der Waals surface area contributed by atoms with Crippen LogP contribution < -0.4 is 10.6 Å². The Morgan fingerprint density at radius 2 is 1.80 bits per heavy atom. The second kappa shape index (κ2) is 7.09. The molecule has 0 saturated carbocycles. The number of nitrogens with zero attached hydrogens (tertiary/aromatic N) is 2. The number of amides is 1. The largest absolute Gasteiger partial charge is 0.338 e. The van der Waals surface area contributed by atoms with E-state index >= 15 is 0 Å². The van der Waals surface area contributed by atoms with E-state index in [9.17, 15) is 9.18 Å². The van der Waals surface area contributed by atoms with Crippen LogP contribution in [0.3, 0.4) is 0 Å². The van der Waals surface area contributed by atoms with Crippen LogP contribution in [-0.2, 0) is 0 Å². The summed E-state index contributed by atoms with van der Waals surface area (Å²) < 4.78 is 13.7. The molecule has 2 N–H and O–H groups in total. The van der Waals surface area contributed by atoms with Crippen LogP contribution in [0.5, 0.6) is 0 Å². The third-order valence-electron chi connectivity index (χ3n) is 3.68. The number of hydrogen-bond acceptors (Lipinski definition) is 4. The summed E-state index contributed by atoms with van der Waals surface area (Å²) >= 11 is 0. The summed E-state index contributed by atoms with van der Waals surface area (Å²) in [4.78, 5) is 20.5. The van der Waals surface area contributed by atoms with Gasteiger partial charge in [0.05, 0.1) is 5.69 Å². The SMILES string of the molecule is Cc1ccc(C)c(NC(=O)c2cc(Nc3ccccc3F)ncn2)c1. The van der Waals surface area contributed by atoms with E-state index in [4.69, 9.17) is 0 Å². The second-order valence-corrected chi connectivity index (χ2v) is 5.67. The van der Waals surface area contributed by atoms with Gasteiger partial charge in [-0.25, -0.2) is 14.4 Å². The Morgan fingerprint density at radius 3 is 2.60 bits per heavy atom. The Labute approximate surface area is 145 Å². The predicted molar refractivity (Wildman–Crippen MR) is 95.6 cm³/mol. The molecule has 0 atom stereocenters. The normalized spacial score (nSPS) is 10.4. The molecule has 1 aromatic heterocycles. The molecule has 0 aliphatic rings. The number of halogens is 1. The third-order valence-corrected chi connectivity index (χ3v) is 3.68. The van der Waals surface area contributed by atoms with Crippen LogP contribution >= 0.6 is 0 Å². The van der Waals surface area contributed by atoms with Crippen LogP contribution in [0.4, 0.5) is 21.6 Å². The molecule has 0 aliphatic carbocycles. The Bertz CT molecular complexity index is 927. The lowest BCUT2D eigenvalue weighted by Gasteiger charge is -2.10. The molecule has 1 heterocycles. The minimum Gasteiger partial charge on any atom is -0.338 e. The van der Waals surface area contributed by atoms with Crippen molar-refractivity contribution in [1.29, 1.82) is 0 Å². The molecule has 1 amide bonds. The summed E-state index contributed by atoms with van der Waals surface area (Å²) in [6.45, 7) is 3.87. The highest BCUT2D eigenvalue weighted by Crippen LogP contribution is 2.20. The Kier molecular flexibility index (Phi) is 4.70. The van der Waals surface area contributed by atoms with Gasteiger partial charge in [0, 0.05) is 11.8 Å². The van der Waals surface area contributed by atoms with Gasteiger partial charge < -0.3 is 10.6 Å². The average Bonchev–Trinajstić information content (AvgIpc) is 2.60. The van der Waals surface area contributed by atoms with Gasteiger partial charge in [0.15, 0.2) is 0 Å². The van der Waals surface area contributed by atoms with Crippen LogP contribution in [0.25, 0.3) is 0 Å². The summed E-state index contributed by atoms with van der Waals surface area (Å²) in [6, 6.07) is 13.5. The van der Waals surface area contributed by atoms with Crippen molar-refractivity contribution < 1.29 is 9.18 Å². The maximum absolute atomic E-state index is 13.7. The van der Waals surface area contributed by atoms with Crippen molar-refractivity contribution in [2.75, 3.05) is 10.6 Å². The minimum absolute atomic E-state index is 0.190. The molecule has 25 heavy (non-hydrogen) atoms. The number of carbonyl (C=O) groups excluding carboxylic acids is 1. The number of carbonyl (C=O) groups is 1. The first-order valence-electron chi connectivity index (χ1n) is 7.75. The number of anilines is 3. The van der Waals surface area contributed by atoms with E-state index in [1.165, 1.54) is 18.5 Å². The van der Waals surface area contributed by atoms with Crippen LogP contribution in [0, 0.1) is 19.7 Å². The van der Waals surface area contributed by atoms with Crippen molar-refractivity contribution in [3.63, 3.8) is 0 Å². The first kappa shape index (κ1) is 16.6. The first-order valence-corrected chi connectivity index (χ1v) is 7.75. The first-order chi connectivity index (χ1) is 12.0. The maximum atomic E-state index is 13.7. The number of aromatic nitrogens is 2. The number of benzene rings is 2. The molecule has 0 aliphatic heterocycles. The van der Waals surface area contributed by atoms with Crippen LogP contribution in [0.2, 0.25) is 0 Å². The van der Waals surface area contributed by atoms with Crippen molar-refractivity contribution in [2.24, 2.45) is 0 Å². The summed E-state index contributed by atoms with van der Waals surface area (Å²) in [7, 11) is 0. The van der Waals surface area contributed by atoms with Gasteiger partial charge in [0.25, 0.3) is 5.91 Å². The summed E-state index contributed by atoms with van der Waals surface area (Å²) in [5.41, 5.74) is 3.20. The number of hydrogen-bond donors (Lipinski definition) is 2. The van der Waals surface area contributed by atoms with Gasteiger partial charge in [0.2, 0.25) is 0 Å². The van der Waals surface area contributed by atoms with E-state index in [2.05, 4.69) is 20.6 Å². The third kappa shape index (κ3) is 3.98. The zero-order chi connectivity index (χ0) is 17.8. The molecule has 6 heteroatoms. The monoisotopic (exact) mass is 336 g/mol. The zero-order valence-electron chi connectivity index (χ0n) is 13.9. The fourth-order valence-corrected chi connectivity index (χ4v) is 2.31. The lowest BCUT2D eigenvalue weighted by atomic mass is 10.1. The minimum atomic E-state index is -0.400. The van der Waals surface area contributed by atoms with Gasteiger partial charge in [-0.15, -0.1) is 0 Å².